The van der Waals surface area contributed by atoms with Gasteiger partial charge in [-0.15, -0.1) is 11.8 Å². The molecule has 1 fully saturated rings. The van der Waals surface area contributed by atoms with Crippen LogP contribution in [0.15, 0.2) is 47.3 Å². The van der Waals surface area contributed by atoms with Crippen molar-refractivity contribution < 1.29 is 33.0 Å². The summed E-state index contributed by atoms with van der Waals surface area (Å²) in [6.07, 6.45) is 2.37. The van der Waals surface area contributed by atoms with Crippen LogP contribution in [0.2, 0.25) is 0 Å². The Morgan fingerprint density at radius 2 is 2.11 bits per heavy atom. The third kappa shape index (κ3) is 9.60. The van der Waals surface area contributed by atoms with Crippen LogP contribution in [-0.2, 0) is 16.1 Å². The molecule has 3 rings (SSSR count). The fourth-order valence-electron chi connectivity index (χ4n) is 3.93. The van der Waals surface area contributed by atoms with Crippen molar-refractivity contribution in [3.8, 4) is 5.75 Å². The van der Waals surface area contributed by atoms with E-state index in [-0.39, 0.29) is 36.8 Å². The fourth-order valence-corrected chi connectivity index (χ4v) is 5.52. The van der Waals surface area contributed by atoms with Gasteiger partial charge in [-0.05, 0) is 49.3 Å². The van der Waals surface area contributed by atoms with E-state index in [2.05, 4.69) is 28.5 Å². The average molecular weight is 556 g/mol. The number of carbonyl (C=O) groups is 2. The number of carboxylic acids is 1. The molecule has 1 saturated carbocycles. The van der Waals surface area contributed by atoms with E-state index in [1.165, 1.54) is 23.5 Å². The molecule has 0 unspecified atom stereocenters. The van der Waals surface area contributed by atoms with Crippen molar-refractivity contribution in [2.45, 2.75) is 55.6 Å². The molecule has 1 aliphatic rings. The van der Waals surface area contributed by atoms with E-state index in [9.17, 15) is 18.4 Å². The number of aliphatic carboxylic acids is 1. The van der Waals surface area contributed by atoms with Crippen molar-refractivity contribution in [3.05, 3.63) is 48.7 Å². The highest BCUT2D eigenvalue weighted by Crippen LogP contribution is 2.30. The molecule has 2 N–H and O–H groups in total. The number of halogens is 2. The summed E-state index contributed by atoms with van der Waals surface area (Å²) in [5, 5.41) is 12.1. The van der Waals surface area contributed by atoms with Crippen molar-refractivity contribution in [2.75, 3.05) is 24.2 Å². The van der Waals surface area contributed by atoms with Crippen LogP contribution in [0, 0.1) is 5.92 Å². The second-order valence-electron chi connectivity index (χ2n) is 8.77. The lowest BCUT2D eigenvalue weighted by Gasteiger charge is -2.36. The zero-order valence-corrected chi connectivity index (χ0v) is 22.2. The first-order valence-corrected chi connectivity index (χ1v) is 13.7. The zero-order valence-electron chi connectivity index (χ0n) is 20.5. The highest BCUT2D eigenvalue weighted by atomic mass is 32.2. The Kier molecular flexibility index (Phi) is 10.7. The summed E-state index contributed by atoms with van der Waals surface area (Å²) in [5.41, 5.74) is 0.661. The molecule has 0 bridgehead atoms. The van der Waals surface area contributed by atoms with Gasteiger partial charge < -0.3 is 19.5 Å². The summed E-state index contributed by atoms with van der Waals surface area (Å²) < 4.78 is 38.0. The van der Waals surface area contributed by atoms with Gasteiger partial charge in [-0.3, -0.25) is 10.1 Å². The molecule has 1 heterocycles. The van der Waals surface area contributed by atoms with Gasteiger partial charge in [0.15, 0.2) is 5.13 Å². The smallest absolute Gasteiger partial charge is 0.419 e. The number of hydrogen-bond donors (Lipinski definition) is 2. The lowest BCUT2D eigenvalue weighted by atomic mass is 9.86. The molecular formula is C25H31F2N3O5S2. The maximum absolute atomic E-state index is 13.4. The molecule has 1 aromatic carbocycles. The number of thiazole rings is 1. The highest BCUT2D eigenvalue weighted by molar-refractivity contribution is 8.01. The minimum atomic E-state index is -3.46. The molecule has 1 aliphatic carbocycles. The van der Waals surface area contributed by atoms with Gasteiger partial charge in [0.2, 0.25) is 0 Å². The number of thioether (sulfide) groups is 1. The van der Waals surface area contributed by atoms with Crippen LogP contribution in [0.3, 0.4) is 0 Å². The van der Waals surface area contributed by atoms with E-state index in [1.807, 2.05) is 0 Å². The number of carbonyl (C=O) groups excluding carboxylic acids is 1. The van der Waals surface area contributed by atoms with Gasteiger partial charge in [0.1, 0.15) is 5.75 Å². The van der Waals surface area contributed by atoms with Gasteiger partial charge in [-0.2, -0.15) is 8.78 Å². The van der Waals surface area contributed by atoms with Gasteiger partial charge >= 0.3 is 18.1 Å². The minimum Gasteiger partial charge on any atom is -0.481 e. The first kappa shape index (κ1) is 28.9. The largest absolute Gasteiger partial charge is 0.481 e. The number of amides is 2. The van der Waals surface area contributed by atoms with Crippen LogP contribution in [0.5, 0.6) is 5.75 Å². The van der Waals surface area contributed by atoms with Crippen molar-refractivity contribution >= 4 is 40.2 Å². The molecule has 8 nitrogen and oxygen atoms in total. The number of aromatic nitrogens is 1. The van der Waals surface area contributed by atoms with E-state index >= 15 is 0 Å². The summed E-state index contributed by atoms with van der Waals surface area (Å²) in [6.45, 7) is 6.05. The van der Waals surface area contributed by atoms with E-state index in [0.29, 0.717) is 33.4 Å². The first-order chi connectivity index (χ1) is 17.6. The van der Waals surface area contributed by atoms with E-state index < -0.39 is 12.1 Å². The third-order valence-electron chi connectivity index (χ3n) is 5.86. The van der Waals surface area contributed by atoms with Crippen molar-refractivity contribution in [1.82, 2.24) is 9.88 Å². The van der Waals surface area contributed by atoms with Crippen LogP contribution < -0.4 is 10.1 Å². The number of anilines is 1. The molecule has 37 heavy (non-hydrogen) atoms. The van der Waals surface area contributed by atoms with Crippen LogP contribution in [0.4, 0.5) is 18.7 Å². The average Bonchev–Trinajstić information content (AvgIpc) is 3.30. The number of benzene rings is 1. The molecule has 2 amide bonds. The molecule has 12 heteroatoms. The normalized spacial score (nSPS) is 17.7. The predicted octanol–water partition coefficient (Wildman–Crippen LogP) is 6.11. The lowest BCUT2D eigenvalue weighted by Crippen LogP contribution is -2.46. The summed E-state index contributed by atoms with van der Waals surface area (Å²) >= 11 is 2.38. The second kappa shape index (κ2) is 13.7. The maximum atomic E-state index is 13.4. The Labute approximate surface area is 223 Å². The Morgan fingerprint density at radius 1 is 1.35 bits per heavy atom. The number of alkyl halides is 2. The standard InChI is InChI=1S/C25H31F2N3O5S2/c1-3-25(26,27)35-20-6-4-5-18(13-20)15-34-12-11-30(19-9-7-17(2)8-10-19)24(33)29-23-28-14-22(37-23)36-16-21(31)32/h3-6,13-14,17,19H,1,7-12,15-16H2,2H3,(H,31,32)(H,28,29,33). The third-order valence-corrected chi connectivity index (χ3v) is 7.95. The number of ether oxygens (including phenoxy) is 2. The van der Waals surface area contributed by atoms with Crippen LogP contribution in [0.25, 0.3) is 0 Å². The van der Waals surface area contributed by atoms with Gasteiger partial charge in [0.05, 0.1) is 29.4 Å². The summed E-state index contributed by atoms with van der Waals surface area (Å²) in [5.74, 6) is -0.373. The number of carboxylic acid groups (broad SMARTS) is 1. The Bertz CT molecular complexity index is 1060. The zero-order chi connectivity index (χ0) is 26.8. The molecule has 0 spiro atoms. The fraction of sp³-hybridized carbons (Fsp3) is 0.480. The molecule has 1 aromatic heterocycles. The van der Waals surface area contributed by atoms with Gasteiger partial charge in [0, 0.05) is 18.7 Å². The number of hydrogen-bond acceptors (Lipinski definition) is 7. The molecule has 0 radical (unpaired) electrons. The Balaban J connectivity index is 1.56. The van der Waals surface area contributed by atoms with Crippen LogP contribution >= 0.6 is 23.1 Å². The molecule has 2 aromatic rings. The molecule has 0 saturated heterocycles. The number of urea groups is 1. The van der Waals surface area contributed by atoms with E-state index in [1.54, 1.807) is 23.2 Å². The summed E-state index contributed by atoms with van der Waals surface area (Å²) in [4.78, 5) is 29.9. The first-order valence-electron chi connectivity index (χ1n) is 11.9. The number of nitrogens with zero attached hydrogens (tertiary/aromatic N) is 2. The molecule has 0 atom stereocenters. The van der Waals surface area contributed by atoms with Gasteiger partial charge in [-0.1, -0.05) is 37.0 Å². The van der Waals surface area contributed by atoms with Crippen molar-refractivity contribution in [2.24, 2.45) is 5.92 Å². The van der Waals surface area contributed by atoms with Crippen LogP contribution in [-0.4, -0.2) is 58.0 Å². The molecule has 202 valence electrons. The topological polar surface area (TPSA) is 101 Å². The SMILES string of the molecule is C=CC(F)(F)Oc1cccc(COCCN(C(=O)Nc2ncc(SCC(=O)O)s2)C2CCC(C)CC2)c1. The Morgan fingerprint density at radius 3 is 2.81 bits per heavy atom. The highest BCUT2D eigenvalue weighted by Gasteiger charge is 2.28. The van der Waals surface area contributed by atoms with Crippen LogP contribution in [0.1, 0.15) is 38.2 Å². The Hall–Kier alpha value is -2.70. The lowest BCUT2D eigenvalue weighted by molar-refractivity contribution is -0.134. The van der Waals surface area contributed by atoms with E-state index in [4.69, 9.17) is 9.84 Å². The quantitative estimate of drug-likeness (QED) is 0.175. The van der Waals surface area contributed by atoms with Gasteiger partial charge in [-0.25, -0.2) is 9.78 Å². The molecular weight excluding hydrogens is 524 g/mol. The van der Waals surface area contributed by atoms with Crippen molar-refractivity contribution in [3.63, 3.8) is 0 Å². The monoisotopic (exact) mass is 555 g/mol. The predicted molar refractivity (Wildman–Crippen MR) is 139 cm³/mol. The summed E-state index contributed by atoms with van der Waals surface area (Å²) in [7, 11) is 0. The van der Waals surface area contributed by atoms with Crippen molar-refractivity contribution in [1.29, 1.82) is 0 Å². The van der Waals surface area contributed by atoms with E-state index in [0.717, 1.165) is 37.4 Å². The number of nitrogens with one attached hydrogen (secondary N) is 1. The second-order valence-corrected chi connectivity index (χ2v) is 11.1. The minimum absolute atomic E-state index is 0.00710. The summed E-state index contributed by atoms with van der Waals surface area (Å²) in [6, 6.07) is 6.04. The molecule has 0 aliphatic heterocycles. The number of rotatable bonds is 13. The van der Waals surface area contributed by atoms with Gasteiger partial charge in [0.25, 0.3) is 0 Å². The maximum Gasteiger partial charge on any atom is 0.419 e.